The van der Waals surface area contributed by atoms with E-state index < -0.39 is 5.91 Å². The van der Waals surface area contributed by atoms with Gasteiger partial charge in [-0.15, -0.1) is 0 Å². The summed E-state index contributed by atoms with van der Waals surface area (Å²) in [5, 5.41) is 19.0. The monoisotopic (exact) mass is 318 g/mol. The van der Waals surface area contributed by atoms with Crippen LogP contribution in [-0.4, -0.2) is 28.4 Å². The SMILES string of the molecule is CN(c1ccc(C#N)cc1)c1ccc(-c2n[nH]nc2C(N)=O)cc1. The van der Waals surface area contributed by atoms with Crippen molar-refractivity contribution >= 4 is 17.3 Å². The van der Waals surface area contributed by atoms with E-state index in [-0.39, 0.29) is 5.69 Å². The maximum Gasteiger partial charge on any atom is 0.271 e. The summed E-state index contributed by atoms with van der Waals surface area (Å²) in [5.41, 5.74) is 9.10. The molecule has 0 saturated heterocycles. The van der Waals surface area contributed by atoms with Gasteiger partial charge in [0.25, 0.3) is 5.91 Å². The van der Waals surface area contributed by atoms with Crippen LogP contribution in [0, 0.1) is 11.3 Å². The van der Waals surface area contributed by atoms with E-state index in [4.69, 9.17) is 11.0 Å². The highest BCUT2D eigenvalue weighted by molar-refractivity contribution is 5.96. The topological polar surface area (TPSA) is 112 Å². The molecular formula is C17H14N6O. The van der Waals surface area contributed by atoms with Gasteiger partial charge in [0.1, 0.15) is 5.69 Å². The lowest BCUT2D eigenvalue weighted by Crippen LogP contribution is -2.13. The van der Waals surface area contributed by atoms with Crippen molar-refractivity contribution in [1.82, 2.24) is 15.4 Å². The Morgan fingerprint density at radius 3 is 2.21 bits per heavy atom. The molecule has 0 fully saturated rings. The van der Waals surface area contributed by atoms with Gasteiger partial charge in [-0.25, -0.2) is 0 Å². The summed E-state index contributed by atoms with van der Waals surface area (Å²) in [6.45, 7) is 0. The molecule has 2 aromatic carbocycles. The van der Waals surface area contributed by atoms with Crippen molar-refractivity contribution in [2.75, 3.05) is 11.9 Å². The lowest BCUT2D eigenvalue weighted by molar-refractivity contribution is 0.0996. The van der Waals surface area contributed by atoms with Gasteiger partial charge in [0.05, 0.1) is 11.6 Å². The summed E-state index contributed by atoms with van der Waals surface area (Å²) in [6.07, 6.45) is 0. The summed E-state index contributed by atoms with van der Waals surface area (Å²) in [5.74, 6) is -0.627. The summed E-state index contributed by atoms with van der Waals surface area (Å²) in [4.78, 5) is 13.3. The molecule has 0 aliphatic carbocycles. The Bertz CT molecular complexity index is 906. The zero-order chi connectivity index (χ0) is 17.1. The van der Waals surface area contributed by atoms with Crippen LogP contribution in [0.15, 0.2) is 48.5 Å². The predicted molar refractivity (Wildman–Crippen MR) is 89.6 cm³/mol. The van der Waals surface area contributed by atoms with Crippen molar-refractivity contribution in [3.05, 3.63) is 59.8 Å². The Hall–Kier alpha value is -3.66. The van der Waals surface area contributed by atoms with Gasteiger partial charge in [-0.3, -0.25) is 4.79 Å². The molecule has 0 atom stereocenters. The number of hydrogen-bond donors (Lipinski definition) is 2. The van der Waals surface area contributed by atoms with Crippen LogP contribution in [0.3, 0.4) is 0 Å². The van der Waals surface area contributed by atoms with E-state index in [0.717, 1.165) is 16.9 Å². The van der Waals surface area contributed by atoms with E-state index in [2.05, 4.69) is 21.5 Å². The van der Waals surface area contributed by atoms with Gasteiger partial charge in [0.2, 0.25) is 0 Å². The van der Waals surface area contributed by atoms with Crippen LogP contribution in [-0.2, 0) is 0 Å². The van der Waals surface area contributed by atoms with E-state index in [0.29, 0.717) is 11.3 Å². The van der Waals surface area contributed by atoms with Crippen molar-refractivity contribution in [3.63, 3.8) is 0 Å². The molecule has 1 heterocycles. The number of anilines is 2. The summed E-state index contributed by atoms with van der Waals surface area (Å²) in [7, 11) is 1.93. The smallest absolute Gasteiger partial charge is 0.271 e. The van der Waals surface area contributed by atoms with Gasteiger partial charge < -0.3 is 10.6 Å². The largest absolute Gasteiger partial charge is 0.364 e. The Morgan fingerprint density at radius 1 is 1.08 bits per heavy atom. The van der Waals surface area contributed by atoms with Crippen LogP contribution in [0.5, 0.6) is 0 Å². The number of nitrogens with two attached hydrogens (primary N) is 1. The van der Waals surface area contributed by atoms with Crippen LogP contribution in [0.1, 0.15) is 16.1 Å². The zero-order valence-corrected chi connectivity index (χ0v) is 12.9. The first-order valence-electron chi connectivity index (χ1n) is 7.15. The summed E-state index contributed by atoms with van der Waals surface area (Å²) in [6, 6.07) is 16.9. The van der Waals surface area contributed by atoms with Gasteiger partial charge in [-0.1, -0.05) is 12.1 Å². The molecule has 0 spiro atoms. The highest BCUT2D eigenvalue weighted by atomic mass is 16.1. The molecule has 0 radical (unpaired) electrons. The fourth-order valence-electron chi connectivity index (χ4n) is 2.36. The molecule has 3 N–H and O–H groups in total. The fourth-order valence-corrected chi connectivity index (χ4v) is 2.36. The molecule has 1 amide bonds. The number of nitrogens with zero attached hydrogens (tertiary/aromatic N) is 4. The maximum absolute atomic E-state index is 11.3. The molecule has 0 saturated carbocycles. The van der Waals surface area contributed by atoms with Crippen molar-refractivity contribution in [2.45, 2.75) is 0 Å². The second-order valence-corrected chi connectivity index (χ2v) is 5.15. The fraction of sp³-hybridized carbons (Fsp3) is 0.0588. The number of aromatic amines is 1. The highest BCUT2D eigenvalue weighted by Gasteiger charge is 2.15. The average Bonchev–Trinajstić information content (AvgIpc) is 3.11. The number of aromatic nitrogens is 3. The first-order valence-corrected chi connectivity index (χ1v) is 7.15. The van der Waals surface area contributed by atoms with Crippen LogP contribution < -0.4 is 10.6 Å². The van der Waals surface area contributed by atoms with Crippen LogP contribution in [0.4, 0.5) is 11.4 Å². The third-order valence-electron chi connectivity index (χ3n) is 3.69. The Balaban J connectivity index is 1.87. The number of amides is 1. The van der Waals surface area contributed by atoms with Gasteiger partial charge in [-0.2, -0.15) is 20.7 Å². The number of primary amides is 1. The Kier molecular flexibility index (Phi) is 3.95. The second-order valence-electron chi connectivity index (χ2n) is 5.15. The first kappa shape index (κ1) is 15.2. The standard InChI is InChI=1S/C17H14N6O/c1-23(13-6-2-11(10-18)3-7-13)14-8-4-12(5-9-14)15-16(17(19)24)21-22-20-15/h2-9H,1H3,(H2,19,24)(H,20,21,22). The van der Waals surface area contributed by atoms with Crippen molar-refractivity contribution < 1.29 is 4.79 Å². The van der Waals surface area contributed by atoms with E-state index >= 15 is 0 Å². The van der Waals surface area contributed by atoms with Gasteiger partial charge >= 0.3 is 0 Å². The number of hydrogen-bond acceptors (Lipinski definition) is 5. The molecule has 118 valence electrons. The molecular weight excluding hydrogens is 304 g/mol. The second kappa shape index (κ2) is 6.22. The predicted octanol–water partition coefficient (Wildman–Crippen LogP) is 2.21. The minimum Gasteiger partial charge on any atom is -0.364 e. The molecule has 24 heavy (non-hydrogen) atoms. The molecule has 0 unspecified atom stereocenters. The van der Waals surface area contributed by atoms with Gasteiger partial charge in [0, 0.05) is 24.0 Å². The minimum atomic E-state index is -0.627. The Labute approximate surface area is 138 Å². The number of nitrogens with one attached hydrogen (secondary N) is 1. The number of rotatable bonds is 4. The number of H-pyrrole nitrogens is 1. The summed E-state index contributed by atoms with van der Waals surface area (Å²) >= 11 is 0. The van der Waals surface area contributed by atoms with E-state index in [1.165, 1.54) is 0 Å². The minimum absolute atomic E-state index is 0.114. The van der Waals surface area contributed by atoms with Crippen molar-refractivity contribution in [2.24, 2.45) is 5.73 Å². The normalized spacial score (nSPS) is 10.2. The molecule has 0 aliphatic rings. The van der Waals surface area contributed by atoms with E-state index in [1.807, 2.05) is 48.3 Å². The van der Waals surface area contributed by atoms with Gasteiger partial charge in [-0.05, 0) is 36.4 Å². The quantitative estimate of drug-likeness (QED) is 0.766. The van der Waals surface area contributed by atoms with Crippen LogP contribution in [0.25, 0.3) is 11.3 Å². The van der Waals surface area contributed by atoms with Crippen molar-refractivity contribution in [3.8, 4) is 17.3 Å². The first-order chi connectivity index (χ1) is 11.6. The Morgan fingerprint density at radius 2 is 1.67 bits per heavy atom. The molecule has 3 aromatic rings. The maximum atomic E-state index is 11.3. The van der Waals surface area contributed by atoms with Gasteiger partial charge in [0.15, 0.2) is 5.69 Å². The molecule has 0 aliphatic heterocycles. The lowest BCUT2D eigenvalue weighted by atomic mass is 10.1. The molecule has 1 aromatic heterocycles. The van der Waals surface area contributed by atoms with Crippen molar-refractivity contribution in [1.29, 1.82) is 5.26 Å². The highest BCUT2D eigenvalue weighted by Crippen LogP contribution is 2.27. The van der Waals surface area contributed by atoms with E-state index in [9.17, 15) is 4.79 Å². The third kappa shape index (κ3) is 2.80. The zero-order valence-electron chi connectivity index (χ0n) is 12.9. The molecule has 7 heteroatoms. The van der Waals surface area contributed by atoms with Crippen LogP contribution in [0.2, 0.25) is 0 Å². The lowest BCUT2D eigenvalue weighted by Gasteiger charge is -2.19. The number of nitriles is 1. The molecule has 7 nitrogen and oxygen atoms in total. The number of carbonyl (C=O) groups is 1. The molecule has 0 bridgehead atoms. The summed E-state index contributed by atoms with van der Waals surface area (Å²) < 4.78 is 0. The third-order valence-corrected chi connectivity index (χ3v) is 3.69. The number of benzene rings is 2. The van der Waals surface area contributed by atoms with Crippen LogP contribution >= 0.6 is 0 Å². The number of carbonyl (C=O) groups excluding carboxylic acids is 1. The van der Waals surface area contributed by atoms with E-state index in [1.54, 1.807) is 12.1 Å². The molecule has 3 rings (SSSR count). The average molecular weight is 318 g/mol.